The summed E-state index contributed by atoms with van der Waals surface area (Å²) in [6.45, 7) is -0.836. The van der Waals surface area contributed by atoms with Crippen molar-refractivity contribution in [2.75, 3.05) is 17.7 Å². The zero-order valence-electron chi connectivity index (χ0n) is 14.4. The molecule has 1 aromatic heterocycles. The number of carbonyl (C=O) groups is 1. The van der Waals surface area contributed by atoms with Gasteiger partial charge in [-0.15, -0.1) is 11.8 Å². The third-order valence-electron chi connectivity index (χ3n) is 4.67. The third kappa shape index (κ3) is 3.18. The molecule has 3 N–H and O–H groups in total. The number of hydrogen-bond donors (Lipinski definition) is 2. The first-order valence-corrected chi connectivity index (χ1v) is 9.73. The molecule has 0 bridgehead atoms. The molecule has 1 spiro atoms. The third-order valence-corrected chi connectivity index (χ3v) is 5.97. The Kier molecular flexibility index (Phi) is 4.67. The van der Waals surface area contributed by atoms with Crippen molar-refractivity contribution in [3.8, 4) is 0 Å². The van der Waals surface area contributed by atoms with Crippen molar-refractivity contribution >= 4 is 41.0 Å². The Morgan fingerprint density at radius 1 is 1.32 bits per heavy atom. The van der Waals surface area contributed by atoms with E-state index in [0.29, 0.717) is 26.9 Å². The number of fused-ring (bicyclic) bond motifs is 2. The molecule has 2 aliphatic rings. The second-order valence-electron chi connectivity index (χ2n) is 6.43. The van der Waals surface area contributed by atoms with Crippen LogP contribution in [0.5, 0.6) is 0 Å². The molecule has 1 atom stereocenters. The van der Waals surface area contributed by atoms with Crippen molar-refractivity contribution in [3.05, 3.63) is 52.8 Å². The number of thioether (sulfide) groups is 1. The molecule has 146 valence electrons. The Bertz CT molecular complexity index is 971. The summed E-state index contributed by atoms with van der Waals surface area (Å²) in [5.41, 5.74) is 4.65. The molecule has 3 heterocycles. The van der Waals surface area contributed by atoms with Crippen LogP contribution in [0.2, 0.25) is 5.02 Å². The Hall–Kier alpha value is -2.39. The van der Waals surface area contributed by atoms with Crippen LogP contribution in [0, 0.1) is 0 Å². The Morgan fingerprint density at radius 2 is 2.14 bits per heavy atom. The first kappa shape index (κ1) is 18.9. The minimum absolute atomic E-state index is 0.109. The highest BCUT2D eigenvalue weighted by atomic mass is 35.5. The molecule has 0 fully saturated rings. The molecule has 6 nitrogen and oxygen atoms in total. The van der Waals surface area contributed by atoms with E-state index in [1.54, 1.807) is 18.2 Å². The number of rotatable bonds is 2. The van der Waals surface area contributed by atoms with Crippen molar-refractivity contribution in [1.29, 1.82) is 0 Å². The maximum absolute atomic E-state index is 14.9. The monoisotopic (exact) mass is 424 g/mol. The van der Waals surface area contributed by atoms with Gasteiger partial charge in [0.2, 0.25) is 0 Å². The normalized spacial score (nSPS) is 22.8. The van der Waals surface area contributed by atoms with E-state index < -0.39 is 24.0 Å². The maximum atomic E-state index is 14.9. The molecular formula is C18H15ClF2N4O2S. The number of aliphatic imine (C=N–C) groups is 1. The highest BCUT2D eigenvalue weighted by Crippen LogP contribution is 2.53. The van der Waals surface area contributed by atoms with Crippen LogP contribution in [0.15, 0.2) is 46.4 Å². The van der Waals surface area contributed by atoms with Crippen molar-refractivity contribution in [1.82, 2.24) is 4.98 Å². The van der Waals surface area contributed by atoms with Gasteiger partial charge < -0.3 is 15.8 Å². The van der Waals surface area contributed by atoms with Crippen molar-refractivity contribution in [3.63, 3.8) is 0 Å². The summed E-state index contributed by atoms with van der Waals surface area (Å²) in [4.78, 5) is 21.1. The number of benzene rings is 1. The molecule has 1 amide bonds. The molecule has 2 aliphatic heterocycles. The molecule has 28 heavy (non-hydrogen) atoms. The molecule has 10 heteroatoms. The van der Waals surface area contributed by atoms with Gasteiger partial charge in [0.1, 0.15) is 5.69 Å². The van der Waals surface area contributed by atoms with Crippen LogP contribution in [0.3, 0.4) is 0 Å². The van der Waals surface area contributed by atoms with E-state index in [2.05, 4.69) is 15.3 Å². The predicted molar refractivity (Wildman–Crippen MR) is 103 cm³/mol. The van der Waals surface area contributed by atoms with Crippen LogP contribution >= 0.6 is 23.4 Å². The van der Waals surface area contributed by atoms with Gasteiger partial charge in [-0.05, 0) is 36.8 Å². The Balaban J connectivity index is 1.71. The van der Waals surface area contributed by atoms with Gasteiger partial charge in [-0.3, -0.25) is 4.79 Å². The van der Waals surface area contributed by atoms with Gasteiger partial charge in [0.15, 0.2) is 12.1 Å². The summed E-state index contributed by atoms with van der Waals surface area (Å²) in [6.07, 6.45) is 1.47. The SMILES string of the molecule is NC1=N[C@@]2(CCSc3ccc(NC(=O)c4ccc(Cl)cn4)cc32)C(F)(F)CO1. The molecule has 0 saturated heterocycles. The fourth-order valence-corrected chi connectivity index (χ4v) is 4.56. The van der Waals surface area contributed by atoms with E-state index in [1.165, 1.54) is 30.1 Å². The summed E-state index contributed by atoms with van der Waals surface area (Å²) >= 11 is 7.24. The number of carbonyl (C=O) groups excluding carboxylic acids is 1. The largest absolute Gasteiger partial charge is 0.459 e. The standard InChI is InChI=1S/C18H15ClF2N4O2S/c19-10-1-3-13(23-8-10)15(26)24-11-2-4-14-12(7-11)17(5-6-28-14)18(20,21)9-27-16(22)25-17/h1-4,7-8H,5-6,9H2,(H2,22,25)(H,24,26)/t17-/m1/s1. The van der Waals surface area contributed by atoms with E-state index in [1.807, 2.05) is 0 Å². The van der Waals surface area contributed by atoms with Crippen LogP contribution in [0.4, 0.5) is 14.5 Å². The number of nitrogens with one attached hydrogen (secondary N) is 1. The Labute approximate surface area is 168 Å². The first-order chi connectivity index (χ1) is 13.3. The summed E-state index contributed by atoms with van der Waals surface area (Å²) < 4.78 is 34.6. The second-order valence-corrected chi connectivity index (χ2v) is 8.00. The summed E-state index contributed by atoms with van der Waals surface area (Å²) in [5, 5.41) is 3.08. The quantitative estimate of drug-likeness (QED) is 0.768. The number of amidine groups is 1. The van der Waals surface area contributed by atoms with E-state index in [0.717, 1.165) is 0 Å². The fraction of sp³-hybridized carbons (Fsp3) is 0.278. The number of pyridine rings is 1. The number of amides is 1. The first-order valence-electron chi connectivity index (χ1n) is 8.37. The topological polar surface area (TPSA) is 89.6 Å². The lowest BCUT2D eigenvalue weighted by molar-refractivity contribution is -0.124. The predicted octanol–water partition coefficient (Wildman–Crippen LogP) is 3.66. The van der Waals surface area contributed by atoms with Gasteiger partial charge in [-0.25, -0.2) is 9.98 Å². The van der Waals surface area contributed by atoms with Crippen LogP contribution in [-0.4, -0.2) is 35.2 Å². The minimum Gasteiger partial charge on any atom is -0.459 e. The van der Waals surface area contributed by atoms with E-state index >= 15 is 0 Å². The molecule has 2 aromatic rings. The number of halogens is 3. The highest BCUT2D eigenvalue weighted by molar-refractivity contribution is 7.99. The van der Waals surface area contributed by atoms with Crippen LogP contribution in [0.1, 0.15) is 22.5 Å². The number of nitrogens with two attached hydrogens (primary N) is 1. The molecule has 1 aromatic carbocycles. The second kappa shape index (κ2) is 6.89. The minimum atomic E-state index is -3.23. The number of ether oxygens (including phenoxy) is 1. The van der Waals surface area contributed by atoms with Gasteiger partial charge in [-0.1, -0.05) is 11.6 Å². The lowest BCUT2D eigenvalue weighted by Crippen LogP contribution is -2.54. The van der Waals surface area contributed by atoms with E-state index in [9.17, 15) is 13.6 Å². The van der Waals surface area contributed by atoms with Crippen molar-refractivity contribution in [2.24, 2.45) is 10.7 Å². The van der Waals surface area contributed by atoms with Gasteiger partial charge in [-0.2, -0.15) is 8.78 Å². The number of nitrogens with zero attached hydrogens (tertiary/aromatic N) is 2. The Morgan fingerprint density at radius 3 is 2.89 bits per heavy atom. The highest BCUT2D eigenvalue weighted by Gasteiger charge is 2.59. The average molecular weight is 425 g/mol. The van der Waals surface area contributed by atoms with Crippen LogP contribution < -0.4 is 11.1 Å². The van der Waals surface area contributed by atoms with Gasteiger partial charge >= 0.3 is 5.92 Å². The van der Waals surface area contributed by atoms with Crippen molar-refractivity contribution in [2.45, 2.75) is 22.8 Å². The van der Waals surface area contributed by atoms with E-state index in [4.69, 9.17) is 22.1 Å². The number of hydrogen-bond acceptors (Lipinski definition) is 6. The molecule has 4 rings (SSSR count). The molecule has 0 radical (unpaired) electrons. The van der Waals surface area contributed by atoms with Crippen LogP contribution in [0.25, 0.3) is 0 Å². The summed E-state index contributed by atoms with van der Waals surface area (Å²) in [7, 11) is 0. The van der Waals surface area contributed by atoms with Crippen molar-refractivity contribution < 1.29 is 18.3 Å². The number of alkyl halides is 2. The van der Waals surface area contributed by atoms with Gasteiger partial charge in [0.25, 0.3) is 11.9 Å². The maximum Gasteiger partial charge on any atom is 0.310 e. The summed E-state index contributed by atoms with van der Waals surface area (Å²) in [6, 6.07) is 7.63. The lowest BCUT2D eigenvalue weighted by atomic mass is 9.80. The fourth-order valence-electron chi connectivity index (χ4n) is 3.29. The smallest absolute Gasteiger partial charge is 0.310 e. The average Bonchev–Trinajstić information content (AvgIpc) is 2.66. The lowest BCUT2D eigenvalue weighted by Gasteiger charge is -2.43. The molecule has 0 unspecified atom stereocenters. The molecule has 0 aliphatic carbocycles. The summed E-state index contributed by atoms with van der Waals surface area (Å²) in [5.74, 6) is -3.23. The molecule has 0 saturated carbocycles. The zero-order chi connectivity index (χ0) is 19.9. The number of anilines is 1. The molecular weight excluding hydrogens is 410 g/mol. The van der Waals surface area contributed by atoms with E-state index in [-0.39, 0.29) is 18.1 Å². The van der Waals surface area contributed by atoms with Gasteiger partial charge in [0.05, 0.1) is 5.02 Å². The van der Waals surface area contributed by atoms with Gasteiger partial charge in [0, 0.05) is 28.1 Å². The van der Waals surface area contributed by atoms with Crippen LogP contribution in [-0.2, 0) is 10.3 Å². The number of aromatic nitrogens is 1. The zero-order valence-corrected chi connectivity index (χ0v) is 16.0.